The summed E-state index contributed by atoms with van der Waals surface area (Å²) in [6.45, 7) is 0.891. The van der Waals surface area contributed by atoms with Crippen LogP contribution >= 0.6 is 47.0 Å². The van der Waals surface area contributed by atoms with Crippen LogP contribution in [0.25, 0.3) is 0 Å². The highest BCUT2D eigenvalue weighted by Gasteiger charge is 2.38. The number of rotatable bonds is 1. The third kappa shape index (κ3) is 2.74. The monoisotopic (exact) mass is 362 g/mol. The van der Waals surface area contributed by atoms with Crippen molar-refractivity contribution >= 4 is 63.7 Å². The van der Waals surface area contributed by atoms with Crippen molar-refractivity contribution in [2.75, 3.05) is 11.4 Å². The number of carbonyl (C=O) groups is 1. The lowest BCUT2D eigenvalue weighted by molar-refractivity contribution is -0.120. The van der Waals surface area contributed by atoms with Gasteiger partial charge in [-0.2, -0.15) is 0 Å². The SMILES string of the molecule is O=C1CC2CCCCN2C(=S)N1c1cc(Cl)c(Cl)c(Cl)c1. The fraction of sp³-hybridized carbons (Fsp3) is 0.429. The molecule has 0 aliphatic carbocycles. The van der Waals surface area contributed by atoms with Gasteiger partial charge in [0.2, 0.25) is 5.91 Å². The molecule has 21 heavy (non-hydrogen) atoms. The van der Waals surface area contributed by atoms with E-state index in [0.29, 0.717) is 27.3 Å². The van der Waals surface area contributed by atoms with Crippen LogP contribution in [-0.2, 0) is 4.79 Å². The smallest absolute Gasteiger partial charge is 0.235 e. The first-order valence-electron chi connectivity index (χ1n) is 6.77. The molecule has 2 heterocycles. The van der Waals surface area contributed by atoms with E-state index >= 15 is 0 Å². The molecule has 0 N–H and O–H groups in total. The summed E-state index contributed by atoms with van der Waals surface area (Å²) >= 11 is 23.6. The Kier molecular flexibility index (Phi) is 4.33. The van der Waals surface area contributed by atoms with Crippen LogP contribution in [0.15, 0.2) is 12.1 Å². The van der Waals surface area contributed by atoms with Gasteiger partial charge >= 0.3 is 0 Å². The summed E-state index contributed by atoms with van der Waals surface area (Å²) in [6.07, 6.45) is 3.73. The first kappa shape index (κ1) is 15.3. The molecule has 2 aliphatic rings. The Hall–Kier alpha value is -0.550. The molecule has 3 nitrogen and oxygen atoms in total. The standard InChI is InChI=1S/C14H13Cl3N2OS/c15-10-5-9(6-11(16)13(10)17)19-12(20)7-8-3-1-2-4-18(8)14(19)21/h5-6,8H,1-4,7H2. The van der Waals surface area contributed by atoms with Gasteiger partial charge in [-0.05, 0) is 43.6 Å². The minimum Gasteiger partial charge on any atom is -0.345 e. The van der Waals surface area contributed by atoms with Crippen molar-refractivity contribution in [3.05, 3.63) is 27.2 Å². The first-order chi connectivity index (χ1) is 9.99. The summed E-state index contributed by atoms with van der Waals surface area (Å²) < 4.78 is 0. The van der Waals surface area contributed by atoms with E-state index < -0.39 is 0 Å². The molecule has 112 valence electrons. The molecule has 0 aromatic heterocycles. The summed E-state index contributed by atoms with van der Waals surface area (Å²) in [5, 5.41) is 1.45. The second-order valence-electron chi connectivity index (χ2n) is 5.28. The second-order valence-corrected chi connectivity index (χ2v) is 6.84. The van der Waals surface area contributed by atoms with Gasteiger partial charge in [-0.25, -0.2) is 0 Å². The van der Waals surface area contributed by atoms with Crippen LogP contribution in [0.3, 0.4) is 0 Å². The van der Waals surface area contributed by atoms with E-state index in [2.05, 4.69) is 4.90 Å². The fourth-order valence-corrected chi connectivity index (χ4v) is 3.95. The molecule has 0 bridgehead atoms. The van der Waals surface area contributed by atoms with Crippen molar-refractivity contribution in [3.8, 4) is 0 Å². The summed E-state index contributed by atoms with van der Waals surface area (Å²) in [7, 11) is 0. The van der Waals surface area contributed by atoms with Gasteiger partial charge in [-0.1, -0.05) is 34.8 Å². The first-order valence-corrected chi connectivity index (χ1v) is 8.31. The Morgan fingerprint density at radius 2 is 1.81 bits per heavy atom. The summed E-state index contributed by atoms with van der Waals surface area (Å²) in [5.74, 6) is -0.0161. The lowest BCUT2D eigenvalue weighted by Crippen LogP contribution is -2.58. The minimum atomic E-state index is -0.0161. The van der Waals surface area contributed by atoms with Crippen LogP contribution in [0, 0.1) is 0 Å². The molecule has 7 heteroatoms. The Morgan fingerprint density at radius 3 is 2.48 bits per heavy atom. The normalized spacial score (nSPS) is 22.5. The third-order valence-electron chi connectivity index (χ3n) is 3.95. The number of fused-ring (bicyclic) bond motifs is 1. The van der Waals surface area contributed by atoms with Gasteiger partial charge in [0.05, 0.1) is 20.8 Å². The molecule has 2 fully saturated rings. The molecule has 1 amide bonds. The van der Waals surface area contributed by atoms with Crippen LogP contribution < -0.4 is 4.90 Å². The molecular weight excluding hydrogens is 351 g/mol. The Balaban J connectivity index is 1.97. The highest BCUT2D eigenvalue weighted by atomic mass is 35.5. The quantitative estimate of drug-likeness (QED) is 0.541. The predicted molar refractivity (Wildman–Crippen MR) is 90.5 cm³/mol. The van der Waals surface area contributed by atoms with Crippen molar-refractivity contribution in [1.29, 1.82) is 0 Å². The Morgan fingerprint density at radius 1 is 1.14 bits per heavy atom. The Bertz CT molecular complexity index is 599. The molecule has 1 unspecified atom stereocenters. The van der Waals surface area contributed by atoms with Gasteiger partial charge in [0.25, 0.3) is 0 Å². The number of carbonyl (C=O) groups excluding carboxylic acids is 1. The summed E-state index contributed by atoms with van der Waals surface area (Å²) in [5.41, 5.74) is 0.577. The number of anilines is 1. The average molecular weight is 364 g/mol. The fourth-order valence-electron chi connectivity index (χ4n) is 2.92. The maximum Gasteiger partial charge on any atom is 0.235 e. The maximum atomic E-state index is 12.5. The minimum absolute atomic E-state index is 0.0161. The number of piperidine rings is 1. The van der Waals surface area contributed by atoms with Gasteiger partial charge in [-0.3, -0.25) is 9.69 Å². The molecule has 1 aromatic carbocycles. The molecular formula is C14H13Cl3N2OS. The van der Waals surface area contributed by atoms with E-state index in [4.69, 9.17) is 47.0 Å². The van der Waals surface area contributed by atoms with E-state index in [9.17, 15) is 4.79 Å². The van der Waals surface area contributed by atoms with Crippen molar-refractivity contribution in [2.45, 2.75) is 31.7 Å². The van der Waals surface area contributed by atoms with Crippen LogP contribution in [0.4, 0.5) is 5.69 Å². The number of thiocarbonyl (C=S) groups is 1. The van der Waals surface area contributed by atoms with E-state index in [1.807, 2.05) is 0 Å². The molecule has 0 saturated carbocycles. The van der Waals surface area contributed by atoms with Crippen LogP contribution in [-0.4, -0.2) is 28.5 Å². The van der Waals surface area contributed by atoms with Gasteiger partial charge in [-0.15, -0.1) is 0 Å². The van der Waals surface area contributed by atoms with E-state index in [1.165, 1.54) is 4.90 Å². The molecule has 3 rings (SSSR count). The zero-order valence-corrected chi connectivity index (χ0v) is 14.2. The summed E-state index contributed by atoms with van der Waals surface area (Å²) in [4.78, 5) is 16.1. The van der Waals surface area contributed by atoms with Crippen molar-refractivity contribution in [2.24, 2.45) is 0 Å². The van der Waals surface area contributed by atoms with Gasteiger partial charge in [0.1, 0.15) is 0 Å². The van der Waals surface area contributed by atoms with Gasteiger partial charge in [0.15, 0.2) is 5.11 Å². The molecule has 0 radical (unpaired) electrons. The van der Waals surface area contributed by atoms with E-state index in [1.54, 1.807) is 12.1 Å². The third-order valence-corrected chi connectivity index (χ3v) is 5.56. The van der Waals surface area contributed by atoms with Gasteiger partial charge in [0, 0.05) is 19.0 Å². The zero-order chi connectivity index (χ0) is 15.1. The maximum absolute atomic E-state index is 12.5. The number of amides is 1. The average Bonchev–Trinajstić information content (AvgIpc) is 2.44. The van der Waals surface area contributed by atoms with E-state index in [0.717, 1.165) is 25.8 Å². The van der Waals surface area contributed by atoms with Crippen LogP contribution in [0.2, 0.25) is 15.1 Å². The topological polar surface area (TPSA) is 23.6 Å². The van der Waals surface area contributed by atoms with Crippen LogP contribution in [0.1, 0.15) is 25.7 Å². The predicted octanol–water partition coefficient (Wildman–Crippen LogP) is 4.52. The number of hydrogen-bond donors (Lipinski definition) is 0. The van der Waals surface area contributed by atoms with Crippen molar-refractivity contribution in [1.82, 2.24) is 4.90 Å². The zero-order valence-electron chi connectivity index (χ0n) is 11.1. The van der Waals surface area contributed by atoms with Gasteiger partial charge < -0.3 is 4.90 Å². The molecule has 1 aromatic rings. The largest absolute Gasteiger partial charge is 0.345 e. The second kappa shape index (κ2) is 5.92. The van der Waals surface area contributed by atoms with Crippen molar-refractivity contribution < 1.29 is 4.79 Å². The number of hydrogen-bond acceptors (Lipinski definition) is 2. The number of halogens is 3. The molecule has 0 spiro atoms. The molecule has 2 saturated heterocycles. The van der Waals surface area contributed by atoms with E-state index in [-0.39, 0.29) is 17.0 Å². The van der Waals surface area contributed by atoms with Crippen molar-refractivity contribution in [3.63, 3.8) is 0 Å². The number of benzene rings is 1. The molecule has 1 atom stereocenters. The Labute approximate surface area is 143 Å². The highest BCUT2D eigenvalue weighted by molar-refractivity contribution is 7.80. The highest BCUT2D eigenvalue weighted by Crippen LogP contribution is 2.37. The lowest BCUT2D eigenvalue weighted by Gasteiger charge is -2.45. The lowest BCUT2D eigenvalue weighted by atomic mass is 9.97. The summed E-state index contributed by atoms with van der Waals surface area (Å²) in [6, 6.07) is 3.49. The van der Waals surface area contributed by atoms with Crippen LogP contribution in [0.5, 0.6) is 0 Å². The molecule has 2 aliphatic heterocycles. The number of nitrogens with zero attached hydrogens (tertiary/aromatic N) is 2.